The van der Waals surface area contributed by atoms with Gasteiger partial charge in [-0.3, -0.25) is 14.9 Å². The molecule has 9 heteroatoms. The van der Waals surface area contributed by atoms with Crippen LogP contribution < -0.4 is 10.1 Å². The quantitative estimate of drug-likeness (QED) is 0.339. The Kier molecular flexibility index (Phi) is 6.27. The number of amides is 1. The number of carbonyl (C=O) groups excluding carboxylic acids is 1. The lowest BCUT2D eigenvalue weighted by atomic mass is 10.1. The molecule has 0 aliphatic heterocycles. The predicted molar refractivity (Wildman–Crippen MR) is 111 cm³/mol. The third-order valence-electron chi connectivity index (χ3n) is 3.88. The molecule has 0 spiro atoms. The topological polar surface area (TPSA) is 94.4 Å². The van der Waals surface area contributed by atoms with Crippen LogP contribution in [-0.2, 0) is 4.79 Å². The first-order valence-corrected chi connectivity index (χ1v) is 10.1. The zero-order valence-corrected chi connectivity index (χ0v) is 16.8. The summed E-state index contributed by atoms with van der Waals surface area (Å²) in [6.07, 6.45) is 0. The van der Waals surface area contributed by atoms with Crippen LogP contribution in [0.3, 0.4) is 0 Å². The molecule has 0 aliphatic carbocycles. The number of methoxy groups -OCH3 is 1. The summed E-state index contributed by atoms with van der Waals surface area (Å²) in [5.74, 6) is 0.0620. The van der Waals surface area contributed by atoms with Gasteiger partial charge in [0.05, 0.1) is 23.5 Å². The van der Waals surface area contributed by atoms with Crippen LogP contribution >= 0.6 is 23.1 Å². The number of aryl methyl sites for hydroxylation is 1. The normalized spacial score (nSPS) is 10.5. The summed E-state index contributed by atoms with van der Waals surface area (Å²) < 4.78 is 5.85. The molecule has 0 saturated carbocycles. The number of nitro groups is 1. The Balaban J connectivity index is 1.64. The fourth-order valence-corrected chi connectivity index (χ4v) is 4.13. The van der Waals surface area contributed by atoms with Crippen LogP contribution in [0.2, 0.25) is 0 Å². The maximum absolute atomic E-state index is 12.3. The lowest BCUT2D eigenvalue weighted by Gasteiger charge is -2.10. The minimum atomic E-state index is -0.514. The number of ether oxygens (including phenoxy) is 1. The van der Waals surface area contributed by atoms with E-state index < -0.39 is 4.92 Å². The van der Waals surface area contributed by atoms with Crippen molar-refractivity contribution in [3.05, 3.63) is 63.5 Å². The second-order valence-corrected chi connectivity index (χ2v) is 7.88. The molecule has 2 aromatic carbocycles. The molecule has 0 fully saturated rings. The molecule has 144 valence electrons. The predicted octanol–water partition coefficient (Wildman–Crippen LogP) is 4.77. The van der Waals surface area contributed by atoms with Crippen LogP contribution in [0.4, 0.5) is 11.4 Å². The molecule has 7 nitrogen and oxygen atoms in total. The number of hydrogen-bond donors (Lipinski definition) is 1. The van der Waals surface area contributed by atoms with Crippen molar-refractivity contribution >= 4 is 40.4 Å². The first kappa shape index (κ1) is 19.8. The highest BCUT2D eigenvalue weighted by atomic mass is 32.2. The molecule has 0 bridgehead atoms. The molecule has 0 saturated heterocycles. The lowest BCUT2D eigenvalue weighted by molar-refractivity contribution is -0.385. The largest absolute Gasteiger partial charge is 0.490 e. The average molecular weight is 415 g/mol. The monoisotopic (exact) mass is 415 g/mol. The molecule has 0 aliphatic rings. The number of aromatic nitrogens is 1. The summed E-state index contributed by atoms with van der Waals surface area (Å²) in [4.78, 5) is 27.4. The third-order valence-corrected chi connectivity index (χ3v) is 5.90. The van der Waals surface area contributed by atoms with E-state index in [1.807, 2.05) is 35.7 Å². The van der Waals surface area contributed by atoms with Crippen LogP contribution in [0.25, 0.3) is 11.3 Å². The van der Waals surface area contributed by atoms with Gasteiger partial charge in [-0.1, -0.05) is 42.1 Å². The molecule has 0 radical (unpaired) electrons. The number of rotatable bonds is 7. The number of anilines is 1. The second kappa shape index (κ2) is 8.85. The van der Waals surface area contributed by atoms with Gasteiger partial charge in [0.25, 0.3) is 0 Å². The van der Waals surface area contributed by atoms with Crippen molar-refractivity contribution in [3.8, 4) is 17.0 Å². The third kappa shape index (κ3) is 4.68. The van der Waals surface area contributed by atoms with Crippen LogP contribution in [0, 0.1) is 17.0 Å². The molecular weight excluding hydrogens is 398 g/mol. The van der Waals surface area contributed by atoms with Crippen LogP contribution in [0.15, 0.2) is 52.2 Å². The van der Waals surface area contributed by atoms with Crippen molar-refractivity contribution in [3.63, 3.8) is 0 Å². The highest BCUT2D eigenvalue weighted by Crippen LogP contribution is 2.33. The van der Waals surface area contributed by atoms with E-state index in [-0.39, 0.29) is 23.1 Å². The zero-order chi connectivity index (χ0) is 20.1. The fourth-order valence-electron chi connectivity index (χ4n) is 2.49. The van der Waals surface area contributed by atoms with Crippen molar-refractivity contribution < 1.29 is 14.5 Å². The molecule has 3 aromatic rings. The van der Waals surface area contributed by atoms with E-state index in [1.165, 1.54) is 42.3 Å². The number of hydrogen-bond acceptors (Lipinski definition) is 7. The van der Waals surface area contributed by atoms with E-state index in [4.69, 9.17) is 4.74 Å². The van der Waals surface area contributed by atoms with Crippen molar-refractivity contribution in [1.82, 2.24) is 4.98 Å². The van der Waals surface area contributed by atoms with E-state index in [2.05, 4.69) is 10.3 Å². The highest BCUT2D eigenvalue weighted by molar-refractivity contribution is 8.01. The Bertz CT molecular complexity index is 1010. The summed E-state index contributed by atoms with van der Waals surface area (Å²) in [6.45, 7) is 1.70. The zero-order valence-electron chi connectivity index (χ0n) is 15.2. The summed E-state index contributed by atoms with van der Waals surface area (Å²) in [5, 5.41) is 15.8. The molecule has 1 amide bonds. The number of nitrogens with one attached hydrogen (secondary N) is 1. The van der Waals surface area contributed by atoms with Gasteiger partial charge >= 0.3 is 5.69 Å². The molecule has 28 heavy (non-hydrogen) atoms. The standard InChI is InChI=1S/C19H17N3O4S2/c1-12-8-16(22(24)25)17(26-2)9-14(12)20-18(23)11-28-19-21-15(10-27-19)13-6-4-3-5-7-13/h3-10H,11H2,1-2H3,(H,20,23). The molecule has 0 unspecified atom stereocenters. The first-order valence-electron chi connectivity index (χ1n) is 8.24. The Labute approximate surface area is 169 Å². The van der Waals surface area contributed by atoms with E-state index in [0.717, 1.165) is 15.6 Å². The van der Waals surface area contributed by atoms with Crippen LogP contribution in [-0.4, -0.2) is 28.7 Å². The lowest BCUT2D eigenvalue weighted by Crippen LogP contribution is -2.15. The summed E-state index contributed by atoms with van der Waals surface area (Å²) >= 11 is 2.83. The SMILES string of the molecule is COc1cc(NC(=O)CSc2nc(-c3ccccc3)cs2)c(C)cc1[N+](=O)[O-]. The minimum Gasteiger partial charge on any atom is -0.490 e. The van der Waals surface area contributed by atoms with Gasteiger partial charge < -0.3 is 10.1 Å². The number of thioether (sulfide) groups is 1. The fraction of sp³-hybridized carbons (Fsp3) is 0.158. The number of nitro benzene ring substituents is 1. The van der Waals surface area contributed by atoms with Gasteiger partial charge in [0, 0.05) is 28.8 Å². The number of carbonyl (C=O) groups is 1. The van der Waals surface area contributed by atoms with E-state index in [0.29, 0.717) is 11.3 Å². The molecule has 1 heterocycles. The Morgan fingerprint density at radius 2 is 2.07 bits per heavy atom. The number of nitrogens with zero attached hydrogens (tertiary/aromatic N) is 2. The van der Waals surface area contributed by atoms with Crippen molar-refractivity contribution in [2.45, 2.75) is 11.3 Å². The van der Waals surface area contributed by atoms with E-state index >= 15 is 0 Å². The Morgan fingerprint density at radius 3 is 2.75 bits per heavy atom. The Hall–Kier alpha value is -2.91. The van der Waals surface area contributed by atoms with E-state index in [9.17, 15) is 14.9 Å². The second-order valence-electron chi connectivity index (χ2n) is 5.80. The van der Waals surface area contributed by atoms with Gasteiger partial charge in [-0.05, 0) is 12.5 Å². The molecule has 0 atom stereocenters. The van der Waals surface area contributed by atoms with Crippen LogP contribution in [0.5, 0.6) is 5.75 Å². The summed E-state index contributed by atoms with van der Waals surface area (Å²) in [7, 11) is 1.35. The first-order chi connectivity index (χ1) is 13.5. The van der Waals surface area contributed by atoms with Crippen LogP contribution in [0.1, 0.15) is 5.56 Å². The van der Waals surface area contributed by atoms with Gasteiger partial charge in [-0.2, -0.15) is 0 Å². The highest BCUT2D eigenvalue weighted by Gasteiger charge is 2.18. The van der Waals surface area contributed by atoms with E-state index in [1.54, 1.807) is 6.92 Å². The smallest absolute Gasteiger partial charge is 0.311 e. The average Bonchev–Trinajstić information content (AvgIpc) is 3.17. The van der Waals surface area contributed by atoms with Gasteiger partial charge in [0.15, 0.2) is 10.1 Å². The molecule has 3 rings (SSSR count). The Morgan fingerprint density at radius 1 is 1.32 bits per heavy atom. The summed E-state index contributed by atoms with van der Waals surface area (Å²) in [6, 6.07) is 12.7. The van der Waals surface area contributed by atoms with Gasteiger partial charge in [-0.25, -0.2) is 4.98 Å². The van der Waals surface area contributed by atoms with Gasteiger partial charge in [0.1, 0.15) is 0 Å². The number of benzene rings is 2. The van der Waals surface area contributed by atoms with Gasteiger partial charge in [-0.15, -0.1) is 11.3 Å². The number of thiazole rings is 1. The summed E-state index contributed by atoms with van der Waals surface area (Å²) in [5.41, 5.74) is 2.85. The maximum Gasteiger partial charge on any atom is 0.311 e. The van der Waals surface area contributed by atoms with Crippen molar-refractivity contribution in [2.24, 2.45) is 0 Å². The maximum atomic E-state index is 12.3. The molecule has 1 aromatic heterocycles. The van der Waals surface area contributed by atoms with Crippen molar-refractivity contribution in [2.75, 3.05) is 18.2 Å². The minimum absolute atomic E-state index is 0.103. The molecular formula is C19H17N3O4S2. The molecule has 1 N–H and O–H groups in total. The van der Waals surface area contributed by atoms with Crippen molar-refractivity contribution in [1.29, 1.82) is 0 Å². The van der Waals surface area contributed by atoms with Gasteiger partial charge in [0.2, 0.25) is 5.91 Å².